The lowest BCUT2D eigenvalue weighted by Gasteiger charge is -2.13. The van der Waals surface area contributed by atoms with E-state index in [1.54, 1.807) is 13.8 Å². The number of rotatable bonds is 7. The Morgan fingerprint density at radius 2 is 1.79 bits per heavy atom. The molecule has 14 heavy (non-hydrogen) atoms. The molecule has 0 saturated carbocycles. The molecule has 1 unspecified atom stereocenters. The molecule has 1 N–H and O–H groups in total. The zero-order valence-corrected chi connectivity index (χ0v) is 10.5. The monoisotopic (exact) mass is 221 g/mol. The maximum atomic E-state index is 11.4. The average molecular weight is 221 g/mol. The van der Waals surface area contributed by atoms with Crippen LogP contribution in [0.2, 0.25) is 0 Å². The fraction of sp³-hybridized carbons (Fsp3) is 1.00. The lowest BCUT2D eigenvalue weighted by Crippen LogP contribution is -2.32. The average Bonchev–Trinajstić information content (AvgIpc) is 2.04. The molecule has 0 fully saturated rings. The molecule has 0 heterocycles. The van der Waals surface area contributed by atoms with Crippen molar-refractivity contribution in [2.75, 3.05) is 12.3 Å². The highest BCUT2D eigenvalue weighted by Crippen LogP contribution is 2.00. The van der Waals surface area contributed by atoms with Gasteiger partial charge in [0.15, 0.2) is 9.84 Å². The molecule has 0 radical (unpaired) electrons. The smallest absolute Gasteiger partial charge is 0.153 e. The largest absolute Gasteiger partial charge is 0.313 e. The van der Waals surface area contributed by atoms with E-state index in [1.807, 2.05) is 0 Å². The molecule has 3 nitrogen and oxygen atoms in total. The highest BCUT2D eigenvalue weighted by Gasteiger charge is 2.15. The number of hydrogen-bond acceptors (Lipinski definition) is 3. The van der Waals surface area contributed by atoms with Gasteiger partial charge in [-0.05, 0) is 27.2 Å². The molecule has 4 heteroatoms. The molecule has 0 aromatic heterocycles. The van der Waals surface area contributed by atoms with Gasteiger partial charge in [-0.15, -0.1) is 0 Å². The van der Waals surface area contributed by atoms with Crippen LogP contribution in [0.15, 0.2) is 0 Å². The molecule has 0 rings (SSSR count). The molecule has 0 spiro atoms. The van der Waals surface area contributed by atoms with Gasteiger partial charge in [-0.1, -0.05) is 13.3 Å². The Balaban J connectivity index is 3.74. The molecular formula is C10H23NO2S. The predicted octanol–water partition coefficient (Wildman–Crippen LogP) is 1.59. The Kier molecular flexibility index (Phi) is 6.36. The standard InChI is InChI=1S/C10H23NO2S/c1-5-6-10(4)11-7-8-14(12,13)9(2)3/h9-11H,5-8H2,1-4H3. The second kappa shape index (κ2) is 6.40. The van der Waals surface area contributed by atoms with Crippen molar-refractivity contribution in [2.24, 2.45) is 0 Å². The van der Waals surface area contributed by atoms with Gasteiger partial charge in [0.1, 0.15) is 0 Å². The van der Waals surface area contributed by atoms with Crippen LogP contribution in [0.1, 0.15) is 40.5 Å². The molecule has 86 valence electrons. The van der Waals surface area contributed by atoms with Gasteiger partial charge in [0.2, 0.25) is 0 Å². The van der Waals surface area contributed by atoms with E-state index in [0.29, 0.717) is 12.6 Å². The summed E-state index contributed by atoms with van der Waals surface area (Å²) in [6, 6.07) is 0.419. The fourth-order valence-corrected chi connectivity index (χ4v) is 2.09. The minimum absolute atomic E-state index is 0.249. The van der Waals surface area contributed by atoms with Crippen LogP contribution in [-0.4, -0.2) is 32.0 Å². The van der Waals surface area contributed by atoms with Gasteiger partial charge in [-0.25, -0.2) is 8.42 Å². The first-order valence-corrected chi connectivity index (χ1v) is 7.06. The van der Waals surface area contributed by atoms with Gasteiger partial charge in [0.25, 0.3) is 0 Å². The van der Waals surface area contributed by atoms with Crippen molar-refractivity contribution in [3.63, 3.8) is 0 Å². The van der Waals surface area contributed by atoms with Gasteiger partial charge in [-0.3, -0.25) is 0 Å². The van der Waals surface area contributed by atoms with E-state index in [0.717, 1.165) is 12.8 Å². The lowest BCUT2D eigenvalue weighted by atomic mass is 10.2. The van der Waals surface area contributed by atoms with Crippen molar-refractivity contribution in [3.05, 3.63) is 0 Å². The van der Waals surface area contributed by atoms with Crippen LogP contribution < -0.4 is 5.32 Å². The molecule has 0 aliphatic heterocycles. The van der Waals surface area contributed by atoms with Crippen LogP contribution in [0.3, 0.4) is 0 Å². The van der Waals surface area contributed by atoms with Gasteiger partial charge < -0.3 is 5.32 Å². The van der Waals surface area contributed by atoms with E-state index in [4.69, 9.17) is 0 Å². The van der Waals surface area contributed by atoms with Crippen molar-refractivity contribution in [1.29, 1.82) is 0 Å². The van der Waals surface area contributed by atoms with Crippen molar-refractivity contribution < 1.29 is 8.42 Å². The Bertz CT molecular complexity index is 235. The highest BCUT2D eigenvalue weighted by molar-refractivity contribution is 7.92. The van der Waals surface area contributed by atoms with E-state index >= 15 is 0 Å². The van der Waals surface area contributed by atoms with Crippen molar-refractivity contribution in [2.45, 2.75) is 51.8 Å². The van der Waals surface area contributed by atoms with Crippen LogP contribution in [-0.2, 0) is 9.84 Å². The van der Waals surface area contributed by atoms with E-state index in [2.05, 4.69) is 19.2 Å². The predicted molar refractivity (Wildman–Crippen MR) is 61.3 cm³/mol. The van der Waals surface area contributed by atoms with Gasteiger partial charge in [0, 0.05) is 12.6 Å². The maximum Gasteiger partial charge on any atom is 0.153 e. The summed E-state index contributed by atoms with van der Waals surface area (Å²) in [5.41, 5.74) is 0. The van der Waals surface area contributed by atoms with Gasteiger partial charge in [-0.2, -0.15) is 0 Å². The van der Waals surface area contributed by atoms with Crippen LogP contribution in [0.5, 0.6) is 0 Å². The highest BCUT2D eigenvalue weighted by atomic mass is 32.2. The summed E-state index contributed by atoms with van der Waals surface area (Å²) in [7, 11) is -2.87. The second-order valence-electron chi connectivity index (χ2n) is 4.06. The summed E-state index contributed by atoms with van der Waals surface area (Å²) in [4.78, 5) is 0. The van der Waals surface area contributed by atoms with E-state index < -0.39 is 9.84 Å². The van der Waals surface area contributed by atoms with Crippen LogP contribution in [0, 0.1) is 0 Å². The molecule has 0 saturated heterocycles. The Morgan fingerprint density at radius 1 is 1.21 bits per heavy atom. The summed E-state index contributed by atoms with van der Waals surface area (Å²) in [5, 5.41) is 2.96. The van der Waals surface area contributed by atoms with E-state index in [-0.39, 0.29) is 11.0 Å². The van der Waals surface area contributed by atoms with E-state index in [9.17, 15) is 8.42 Å². The summed E-state index contributed by atoms with van der Waals surface area (Å²) in [5.74, 6) is 0.249. The van der Waals surface area contributed by atoms with Crippen LogP contribution >= 0.6 is 0 Å². The first-order valence-electron chi connectivity index (χ1n) is 5.35. The molecule has 0 amide bonds. The van der Waals surface area contributed by atoms with Gasteiger partial charge >= 0.3 is 0 Å². The zero-order valence-electron chi connectivity index (χ0n) is 9.71. The van der Waals surface area contributed by atoms with Crippen LogP contribution in [0.4, 0.5) is 0 Å². The Morgan fingerprint density at radius 3 is 2.21 bits per heavy atom. The summed E-state index contributed by atoms with van der Waals surface area (Å²) in [6.45, 7) is 8.24. The van der Waals surface area contributed by atoms with Crippen LogP contribution in [0.25, 0.3) is 0 Å². The topological polar surface area (TPSA) is 46.2 Å². The molecule has 0 aromatic rings. The molecule has 0 aliphatic carbocycles. The summed E-state index contributed by atoms with van der Waals surface area (Å²) in [6.07, 6.45) is 2.23. The summed E-state index contributed by atoms with van der Waals surface area (Å²) >= 11 is 0. The zero-order chi connectivity index (χ0) is 11.2. The molecule has 0 bridgehead atoms. The Labute approximate surface area is 88.2 Å². The SMILES string of the molecule is CCCC(C)NCCS(=O)(=O)C(C)C. The minimum atomic E-state index is -2.87. The fourth-order valence-electron chi connectivity index (χ4n) is 1.22. The third-order valence-corrected chi connectivity index (χ3v) is 4.53. The minimum Gasteiger partial charge on any atom is -0.313 e. The maximum absolute atomic E-state index is 11.4. The van der Waals surface area contributed by atoms with Crippen molar-refractivity contribution in [3.8, 4) is 0 Å². The molecule has 0 aromatic carbocycles. The Hall–Kier alpha value is -0.0900. The lowest BCUT2D eigenvalue weighted by molar-refractivity contribution is 0.519. The second-order valence-corrected chi connectivity index (χ2v) is 6.74. The van der Waals surface area contributed by atoms with Gasteiger partial charge in [0.05, 0.1) is 11.0 Å². The third kappa shape index (κ3) is 5.60. The first-order chi connectivity index (χ1) is 6.40. The normalized spacial score (nSPS) is 14.6. The van der Waals surface area contributed by atoms with Crippen molar-refractivity contribution in [1.82, 2.24) is 5.32 Å². The van der Waals surface area contributed by atoms with Crippen molar-refractivity contribution >= 4 is 9.84 Å². The summed E-state index contributed by atoms with van der Waals surface area (Å²) < 4.78 is 22.9. The first kappa shape index (κ1) is 13.9. The number of nitrogens with one attached hydrogen (secondary N) is 1. The van der Waals surface area contributed by atoms with E-state index in [1.165, 1.54) is 0 Å². The third-order valence-electron chi connectivity index (χ3n) is 2.32. The number of sulfone groups is 1. The quantitative estimate of drug-likeness (QED) is 0.710. The molecular weight excluding hydrogens is 198 g/mol. The molecule has 0 aliphatic rings. The number of hydrogen-bond donors (Lipinski definition) is 1. The molecule has 1 atom stereocenters.